The topological polar surface area (TPSA) is 17.1 Å². The van der Waals surface area contributed by atoms with E-state index in [1.807, 2.05) is 36.1 Å². The summed E-state index contributed by atoms with van der Waals surface area (Å²) < 4.78 is 1.04. The summed E-state index contributed by atoms with van der Waals surface area (Å²) in [7, 11) is 0. The molecule has 0 unspecified atom stereocenters. The molecule has 1 nitrogen and oxygen atoms in total. The average molecular weight is 256 g/mol. The quantitative estimate of drug-likeness (QED) is 0.744. The molecule has 0 N–H and O–H groups in total. The van der Waals surface area contributed by atoms with Crippen LogP contribution < -0.4 is 0 Å². The molecule has 15 heavy (non-hydrogen) atoms. The third-order valence-corrected chi connectivity index (χ3v) is 4.50. The SMILES string of the molecule is CSC(=CC(=O)/C=C/c1cccs1)SC. The third kappa shape index (κ3) is 4.73. The number of thiophene rings is 1. The molecule has 0 aliphatic carbocycles. The normalized spacial score (nSPS) is 10.5. The summed E-state index contributed by atoms with van der Waals surface area (Å²) in [5.41, 5.74) is 0. The Bertz CT molecular complexity index is 357. The van der Waals surface area contributed by atoms with Gasteiger partial charge in [0.2, 0.25) is 0 Å². The summed E-state index contributed by atoms with van der Waals surface area (Å²) in [4.78, 5) is 12.6. The van der Waals surface area contributed by atoms with Gasteiger partial charge in [-0.15, -0.1) is 34.9 Å². The Morgan fingerprint density at radius 3 is 2.67 bits per heavy atom. The van der Waals surface area contributed by atoms with Crippen LogP contribution in [0.3, 0.4) is 0 Å². The number of carbonyl (C=O) groups is 1. The van der Waals surface area contributed by atoms with E-state index in [1.165, 1.54) is 0 Å². The Balaban J connectivity index is 2.59. The van der Waals surface area contributed by atoms with Crippen molar-refractivity contribution in [3.8, 4) is 0 Å². The molecular formula is C11H12OS3. The van der Waals surface area contributed by atoms with Crippen molar-refractivity contribution in [1.82, 2.24) is 0 Å². The fourth-order valence-corrected chi connectivity index (χ4v) is 2.67. The van der Waals surface area contributed by atoms with Gasteiger partial charge in [0.1, 0.15) is 0 Å². The lowest BCUT2D eigenvalue weighted by Crippen LogP contribution is -1.85. The Labute approximate surface area is 103 Å². The van der Waals surface area contributed by atoms with Crippen LogP contribution in [0, 0.1) is 0 Å². The van der Waals surface area contributed by atoms with Gasteiger partial charge in [-0.25, -0.2) is 0 Å². The van der Waals surface area contributed by atoms with Crippen molar-refractivity contribution in [2.24, 2.45) is 0 Å². The largest absolute Gasteiger partial charge is 0.290 e. The molecule has 1 aromatic heterocycles. The molecule has 0 aliphatic heterocycles. The van der Waals surface area contributed by atoms with Crippen molar-refractivity contribution in [3.63, 3.8) is 0 Å². The highest BCUT2D eigenvalue weighted by atomic mass is 32.2. The Morgan fingerprint density at radius 1 is 1.40 bits per heavy atom. The fourth-order valence-electron chi connectivity index (χ4n) is 0.916. The second kappa shape index (κ2) is 6.93. The molecule has 0 amide bonds. The van der Waals surface area contributed by atoms with E-state index in [-0.39, 0.29) is 5.78 Å². The molecular weight excluding hydrogens is 244 g/mol. The highest BCUT2D eigenvalue weighted by Crippen LogP contribution is 2.23. The van der Waals surface area contributed by atoms with E-state index in [2.05, 4.69) is 0 Å². The van der Waals surface area contributed by atoms with Crippen LogP contribution in [0.15, 0.2) is 33.9 Å². The van der Waals surface area contributed by atoms with Crippen molar-refractivity contribution in [1.29, 1.82) is 0 Å². The maximum Gasteiger partial charge on any atom is 0.180 e. The van der Waals surface area contributed by atoms with E-state index in [0.717, 1.165) is 9.11 Å². The lowest BCUT2D eigenvalue weighted by molar-refractivity contribution is -0.110. The lowest BCUT2D eigenvalue weighted by Gasteiger charge is -1.95. The predicted molar refractivity (Wildman–Crippen MR) is 73.5 cm³/mol. The summed E-state index contributed by atoms with van der Waals surface area (Å²) in [5.74, 6) is 0.0436. The van der Waals surface area contributed by atoms with E-state index in [9.17, 15) is 4.79 Å². The van der Waals surface area contributed by atoms with Crippen molar-refractivity contribution in [2.45, 2.75) is 0 Å². The average Bonchev–Trinajstić information content (AvgIpc) is 2.75. The summed E-state index contributed by atoms with van der Waals surface area (Å²) in [6, 6.07) is 3.96. The smallest absolute Gasteiger partial charge is 0.180 e. The molecule has 0 aromatic carbocycles. The predicted octanol–water partition coefficient (Wildman–Crippen LogP) is 3.90. The van der Waals surface area contributed by atoms with E-state index in [4.69, 9.17) is 0 Å². The van der Waals surface area contributed by atoms with Gasteiger partial charge in [-0.05, 0) is 36.1 Å². The number of allylic oxidation sites excluding steroid dienone is 2. The van der Waals surface area contributed by atoms with Crippen molar-refractivity contribution in [2.75, 3.05) is 12.5 Å². The number of rotatable bonds is 5. The molecule has 0 spiro atoms. The van der Waals surface area contributed by atoms with E-state index in [0.29, 0.717) is 0 Å². The van der Waals surface area contributed by atoms with Gasteiger partial charge in [-0.2, -0.15) is 0 Å². The first-order valence-electron chi connectivity index (χ1n) is 4.31. The Kier molecular flexibility index (Phi) is 5.83. The molecule has 0 saturated heterocycles. The zero-order chi connectivity index (χ0) is 11.1. The van der Waals surface area contributed by atoms with Gasteiger partial charge < -0.3 is 0 Å². The number of hydrogen-bond acceptors (Lipinski definition) is 4. The minimum absolute atomic E-state index is 0.0436. The second-order valence-corrected chi connectivity index (χ2v) is 5.56. The minimum atomic E-state index is 0.0436. The lowest BCUT2D eigenvalue weighted by atomic mass is 10.3. The molecule has 0 bridgehead atoms. The van der Waals surface area contributed by atoms with E-state index < -0.39 is 0 Å². The first-order valence-corrected chi connectivity index (χ1v) is 7.64. The maximum absolute atomic E-state index is 11.5. The fraction of sp³-hybridized carbons (Fsp3) is 0.182. The number of hydrogen-bond donors (Lipinski definition) is 0. The summed E-state index contributed by atoms with van der Waals surface area (Å²) in [6.45, 7) is 0. The number of thioether (sulfide) groups is 2. The Hall–Kier alpha value is -0.450. The molecule has 1 heterocycles. The van der Waals surface area contributed by atoms with Gasteiger partial charge in [-0.3, -0.25) is 4.79 Å². The van der Waals surface area contributed by atoms with Gasteiger partial charge >= 0.3 is 0 Å². The summed E-state index contributed by atoms with van der Waals surface area (Å²) >= 11 is 4.81. The molecule has 0 saturated carbocycles. The second-order valence-electron chi connectivity index (χ2n) is 2.62. The zero-order valence-corrected chi connectivity index (χ0v) is 11.0. The third-order valence-electron chi connectivity index (χ3n) is 1.62. The standard InChI is InChI=1S/C11H12OS3/c1-13-11(14-2)8-9(12)5-6-10-4-3-7-15-10/h3-8H,1-2H3/b6-5+. The molecule has 0 atom stereocenters. The molecule has 80 valence electrons. The minimum Gasteiger partial charge on any atom is -0.290 e. The van der Waals surface area contributed by atoms with Gasteiger partial charge in [0.15, 0.2) is 5.78 Å². The van der Waals surface area contributed by atoms with Gasteiger partial charge in [0.05, 0.1) is 0 Å². The van der Waals surface area contributed by atoms with Gasteiger partial charge in [-0.1, -0.05) is 6.07 Å². The molecule has 0 radical (unpaired) electrons. The van der Waals surface area contributed by atoms with Crippen LogP contribution >= 0.6 is 34.9 Å². The van der Waals surface area contributed by atoms with Crippen LogP contribution in [0.5, 0.6) is 0 Å². The molecule has 1 rings (SSSR count). The molecule has 0 aliphatic rings. The van der Waals surface area contributed by atoms with E-state index in [1.54, 1.807) is 47.0 Å². The zero-order valence-electron chi connectivity index (χ0n) is 8.60. The highest BCUT2D eigenvalue weighted by Gasteiger charge is 1.96. The first-order chi connectivity index (χ1) is 7.26. The number of ketones is 1. The van der Waals surface area contributed by atoms with Crippen molar-refractivity contribution in [3.05, 3.63) is 38.8 Å². The maximum atomic E-state index is 11.5. The van der Waals surface area contributed by atoms with Crippen molar-refractivity contribution < 1.29 is 4.79 Å². The highest BCUT2D eigenvalue weighted by molar-refractivity contribution is 8.21. The van der Waals surface area contributed by atoms with Crippen LogP contribution in [-0.4, -0.2) is 18.3 Å². The Morgan fingerprint density at radius 2 is 2.13 bits per heavy atom. The van der Waals surface area contributed by atoms with Crippen molar-refractivity contribution >= 4 is 46.7 Å². The molecule has 1 aromatic rings. The van der Waals surface area contributed by atoms with Crippen LogP contribution in [0.2, 0.25) is 0 Å². The first kappa shape index (κ1) is 12.6. The van der Waals surface area contributed by atoms with Gasteiger partial charge in [0, 0.05) is 15.2 Å². The van der Waals surface area contributed by atoms with Crippen LogP contribution in [-0.2, 0) is 4.79 Å². The molecule has 4 heteroatoms. The van der Waals surface area contributed by atoms with Crippen LogP contribution in [0.1, 0.15) is 4.88 Å². The van der Waals surface area contributed by atoms with Gasteiger partial charge in [0.25, 0.3) is 0 Å². The van der Waals surface area contributed by atoms with Crippen LogP contribution in [0.25, 0.3) is 6.08 Å². The van der Waals surface area contributed by atoms with E-state index >= 15 is 0 Å². The summed E-state index contributed by atoms with van der Waals surface area (Å²) in [5, 5.41) is 2.00. The van der Waals surface area contributed by atoms with Crippen LogP contribution in [0.4, 0.5) is 0 Å². The molecule has 0 fully saturated rings. The monoisotopic (exact) mass is 256 g/mol. The number of carbonyl (C=O) groups excluding carboxylic acids is 1. The summed E-state index contributed by atoms with van der Waals surface area (Å²) in [6.07, 6.45) is 9.07.